The molecule has 0 radical (unpaired) electrons. The summed E-state index contributed by atoms with van der Waals surface area (Å²) in [6.07, 6.45) is 3.46. The highest BCUT2D eigenvalue weighted by atomic mass is 16.3. The van der Waals surface area contributed by atoms with Gasteiger partial charge in [-0.25, -0.2) is 9.97 Å². The van der Waals surface area contributed by atoms with Crippen molar-refractivity contribution in [3.63, 3.8) is 0 Å². The Morgan fingerprint density at radius 2 is 1.65 bits per heavy atom. The third-order valence-electron chi connectivity index (χ3n) is 4.26. The number of hydrogen-bond acceptors (Lipinski definition) is 5. The molecule has 0 saturated carbocycles. The number of aromatic nitrogens is 3. The molecule has 0 aliphatic heterocycles. The minimum Gasteiger partial charge on any atom is -0.505 e. The highest BCUT2D eigenvalue weighted by Gasteiger charge is 2.21. The molecule has 0 aliphatic carbocycles. The summed E-state index contributed by atoms with van der Waals surface area (Å²) >= 11 is 0. The minimum atomic E-state index is -0.349. The summed E-state index contributed by atoms with van der Waals surface area (Å²) in [5, 5.41) is 15.2. The molecular weight excluding hydrogens is 324 g/mol. The number of aryl methyl sites for hydroxylation is 1. The maximum Gasteiger partial charge on any atom is 0.147 e. The predicted molar refractivity (Wildman–Crippen MR) is 102 cm³/mol. The van der Waals surface area contributed by atoms with Crippen LogP contribution in [0.3, 0.4) is 0 Å². The number of benzene rings is 1. The molecule has 0 saturated heterocycles. The van der Waals surface area contributed by atoms with E-state index in [4.69, 9.17) is 0 Å². The summed E-state index contributed by atoms with van der Waals surface area (Å²) in [5.41, 5.74) is 2.95. The van der Waals surface area contributed by atoms with Gasteiger partial charge in [0.25, 0.3) is 0 Å². The zero-order chi connectivity index (χ0) is 17.9. The first kappa shape index (κ1) is 16.0. The normalized spacial score (nSPS) is 12.0. The predicted octanol–water partition coefficient (Wildman–Crippen LogP) is 4.24. The fourth-order valence-electron chi connectivity index (χ4n) is 2.97. The topological polar surface area (TPSA) is 70.9 Å². The van der Waals surface area contributed by atoms with Gasteiger partial charge in [0, 0.05) is 29.0 Å². The second kappa shape index (κ2) is 6.80. The molecule has 0 bridgehead atoms. The average Bonchev–Trinajstić information content (AvgIpc) is 2.69. The van der Waals surface area contributed by atoms with Gasteiger partial charge in [0.2, 0.25) is 0 Å². The smallest absolute Gasteiger partial charge is 0.147 e. The second-order valence-corrected chi connectivity index (χ2v) is 6.07. The summed E-state index contributed by atoms with van der Waals surface area (Å²) in [4.78, 5) is 13.3. The summed E-state index contributed by atoms with van der Waals surface area (Å²) in [5.74, 6) is 0.866. The van der Waals surface area contributed by atoms with E-state index in [9.17, 15) is 5.11 Å². The van der Waals surface area contributed by atoms with E-state index in [1.54, 1.807) is 12.4 Å². The first-order valence-corrected chi connectivity index (χ1v) is 8.40. The Morgan fingerprint density at radius 1 is 0.885 bits per heavy atom. The monoisotopic (exact) mass is 342 g/mol. The summed E-state index contributed by atoms with van der Waals surface area (Å²) in [6.45, 7) is 1.91. The number of phenolic OH excluding ortho intramolecular Hbond substituents is 1. The number of fused-ring (bicyclic) bond motifs is 1. The molecule has 26 heavy (non-hydrogen) atoms. The summed E-state index contributed by atoms with van der Waals surface area (Å²) in [7, 11) is 0. The Morgan fingerprint density at radius 3 is 2.38 bits per heavy atom. The average molecular weight is 342 g/mol. The molecule has 1 atom stereocenters. The highest BCUT2D eigenvalue weighted by Crippen LogP contribution is 2.35. The van der Waals surface area contributed by atoms with Gasteiger partial charge in [-0.3, -0.25) is 4.98 Å². The van der Waals surface area contributed by atoms with E-state index in [-0.39, 0.29) is 11.8 Å². The molecule has 3 heterocycles. The van der Waals surface area contributed by atoms with Crippen LogP contribution in [0.25, 0.3) is 10.9 Å². The van der Waals surface area contributed by atoms with E-state index in [2.05, 4.69) is 20.3 Å². The van der Waals surface area contributed by atoms with Crippen LogP contribution in [-0.4, -0.2) is 20.1 Å². The first-order valence-electron chi connectivity index (χ1n) is 8.40. The third kappa shape index (κ3) is 3.07. The lowest BCUT2D eigenvalue weighted by Crippen LogP contribution is -2.15. The van der Waals surface area contributed by atoms with E-state index in [1.807, 2.05) is 67.6 Å². The van der Waals surface area contributed by atoms with Crippen LogP contribution in [0.2, 0.25) is 0 Å². The molecule has 0 unspecified atom stereocenters. The van der Waals surface area contributed by atoms with E-state index in [1.165, 1.54) is 0 Å². The van der Waals surface area contributed by atoms with Crippen molar-refractivity contribution < 1.29 is 5.11 Å². The molecule has 128 valence electrons. The molecule has 4 rings (SSSR count). The van der Waals surface area contributed by atoms with Crippen LogP contribution in [-0.2, 0) is 0 Å². The zero-order valence-corrected chi connectivity index (χ0v) is 14.3. The molecule has 5 heteroatoms. The van der Waals surface area contributed by atoms with Gasteiger partial charge in [0.05, 0.1) is 11.7 Å². The maximum absolute atomic E-state index is 10.9. The van der Waals surface area contributed by atoms with E-state index in [0.717, 1.165) is 16.8 Å². The lowest BCUT2D eigenvalue weighted by molar-refractivity contribution is 0.471. The van der Waals surface area contributed by atoms with Crippen molar-refractivity contribution >= 4 is 16.7 Å². The molecule has 0 fully saturated rings. The number of hydrogen-bond donors (Lipinski definition) is 2. The molecular formula is C21H18N4O. The van der Waals surface area contributed by atoms with Gasteiger partial charge >= 0.3 is 0 Å². The van der Waals surface area contributed by atoms with E-state index in [0.29, 0.717) is 16.9 Å². The molecule has 0 spiro atoms. The highest BCUT2D eigenvalue weighted by molar-refractivity contribution is 5.86. The number of nitrogens with one attached hydrogen (secondary N) is 1. The van der Waals surface area contributed by atoms with Crippen LogP contribution in [0.1, 0.15) is 23.0 Å². The Bertz CT molecular complexity index is 1040. The fourth-order valence-corrected chi connectivity index (χ4v) is 2.97. The largest absolute Gasteiger partial charge is 0.505 e. The SMILES string of the molecule is Cc1ccc2ccc([C@@H](Nc3ccccn3)c3ccccn3)c(O)c2n1. The fraction of sp³-hybridized carbons (Fsp3) is 0.0952. The third-order valence-corrected chi connectivity index (χ3v) is 4.26. The van der Waals surface area contributed by atoms with Crippen LogP contribution < -0.4 is 5.32 Å². The molecule has 3 aromatic heterocycles. The lowest BCUT2D eigenvalue weighted by atomic mass is 9.99. The Balaban J connectivity index is 1.86. The number of aromatic hydroxyl groups is 1. The zero-order valence-electron chi connectivity index (χ0n) is 14.3. The van der Waals surface area contributed by atoms with Crippen molar-refractivity contribution in [2.24, 2.45) is 0 Å². The number of anilines is 1. The van der Waals surface area contributed by atoms with Gasteiger partial charge in [-0.15, -0.1) is 0 Å². The van der Waals surface area contributed by atoms with Crippen molar-refractivity contribution in [2.75, 3.05) is 5.32 Å². The molecule has 2 N–H and O–H groups in total. The van der Waals surface area contributed by atoms with Crippen LogP contribution >= 0.6 is 0 Å². The Labute approximate surface area is 151 Å². The Kier molecular flexibility index (Phi) is 4.19. The quantitative estimate of drug-likeness (QED) is 0.580. The molecule has 4 aromatic rings. The molecule has 0 amide bonds. The van der Waals surface area contributed by atoms with Crippen LogP contribution in [0.15, 0.2) is 73.1 Å². The van der Waals surface area contributed by atoms with E-state index < -0.39 is 0 Å². The van der Waals surface area contributed by atoms with Crippen LogP contribution in [0.4, 0.5) is 5.82 Å². The van der Waals surface area contributed by atoms with Gasteiger partial charge in [-0.05, 0) is 37.3 Å². The van der Waals surface area contributed by atoms with Crippen molar-refractivity contribution in [2.45, 2.75) is 13.0 Å². The van der Waals surface area contributed by atoms with Gasteiger partial charge in [-0.2, -0.15) is 0 Å². The van der Waals surface area contributed by atoms with Crippen LogP contribution in [0, 0.1) is 6.92 Å². The van der Waals surface area contributed by atoms with Crippen LogP contribution in [0.5, 0.6) is 5.75 Å². The lowest BCUT2D eigenvalue weighted by Gasteiger charge is -2.21. The Hall–Kier alpha value is -3.47. The molecule has 0 aliphatic rings. The maximum atomic E-state index is 10.9. The number of pyridine rings is 3. The summed E-state index contributed by atoms with van der Waals surface area (Å²) < 4.78 is 0. The van der Waals surface area contributed by atoms with Gasteiger partial charge in [-0.1, -0.05) is 30.3 Å². The number of nitrogens with zero attached hydrogens (tertiary/aromatic N) is 3. The van der Waals surface area contributed by atoms with E-state index >= 15 is 0 Å². The van der Waals surface area contributed by atoms with Crippen molar-refractivity contribution in [1.29, 1.82) is 0 Å². The van der Waals surface area contributed by atoms with Gasteiger partial charge < -0.3 is 10.4 Å². The van der Waals surface area contributed by atoms with Gasteiger partial charge in [0.15, 0.2) is 0 Å². The van der Waals surface area contributed by atoms with Crippen molar-refractivity contribution in [1.82, 2.24) is 15.0 Å². The molecule has 1 aromatic carbocycles. The second-order valence-electron chi connectivity index (χ2n) is 6.07. The number of rotatable bonds is 4. The summed E-state index contributed by atoms with van der Waals surface area (Å²) in [6, 6.07) is 18.8. The van der Waals surface area contributed by atoms with Gasteiger partial charge in [0.1, 0.15) is 17.1 Å². The van der Waals surface area contributed by atoms with Crippen molar-refractivity contribution in [3.8, 4) is 5.75 Å². The standard InChI is InChI=1S/C21H18N4O/c1-14-8-9-15-10-11-16(21(26)19(15)24-14)20(17-6-2-4-12-22-17)25-18-7-3-5-13-23-18/h2-13,20,26H,1H3,(H,23,25)/t20-/m1/s1. The van der Waals surface area contributed by atoms with Crippen molar-refractivity contribution in [3.05, 3.63) is 90.0 Å². The first-order chi connectivity index (χ1) is 12.7. The minimum absolute atomic E-state index is 0.158. The number of phenols is 1. The molecule has 5 nitrogen and oxygen atoms in total.